The Morgan fingerprint density at radius 2 is 0.580 bits per heavy atom. The molecule has 0 radical (unpaired) electrons. The number of quaternary nitrogens is 6. The fourth-order valence-corrected chi connectivity index (χ4v) is 16.6. The molecule has 0 aliphatic carbocycles. The van der Waals surface area contributed by atoms with E-state index < -0.39 is 155 Å². The van der Waals surface area contributed by atoms with E-state index in [1.807, 2.05) is 21.1 Å². The minimum atomic E-state index is -2.01. The number of carboxylic acid groups (broad SMARTS) is 6. The van der Waals surface area contributed by atoms with Crippen LogP contribution in [0.4, 0.5) is 0 Å². The van der Waals surface area contributed by atoms with E-state index in [1.54, 1.807) is 106 Å². The molecule has 9 unspecified atom stereocenters. The second-order valence-corrected chi connectivity index (χ2v) is 44.8. The smallest absolute Gasteiger partial charge is 0.192 e. The van der Waals surface area contributed by atoms with Gasteiger partial charge in [-0.15, -0.1) is 0 Å². The van der Waals surface area contributed by atoms with Crippen LogP contribution in [0.25, 0.3) is 0 Å². The summed E-state index contributed by atoms with van der Waals surface area (Å²) >= 11 is 0. The Hall–Kier alpha value is -6.45. The van der Waals surface area contributed by atoms with Gasteiger partial charge in [0.1, 0.15) is 50.6 Å². The van der Waals surface area contributed by atoms with Gasteiger partial charge in [0.15, 0.2) is 56.9 Å². The average molecular weight is 1980 g/mol. The molecule has 0 aromatic heterocycles. The first kappa shape index (κ1) is 142. The Kier molecular flexibility index (Phi) is 77.6. The van der Waals surface area contributed by atoms with Crippen molar-refractivity contribution in [1.82, 2.24) is 0 Å². The first-order chi connectivity index (χ1) is 63.2. The van der Waals surface area contributed by atoms with E-state index in [0.29, 0.717) is 30.3 Å². The number of ketones is 5. The van der Waals surface area contributed by atoms with Crippen molar-refractivity contribution >= 4 is 64.7 Å². The maximum absolute atomic E-state index is 12.5. The zero-order valence-electron chi connectivity index (χ0n) is 89.9. The minimum absolute atomic E-state index is 0.00810. The highest BCUT2D eigenvalue weighted by atomic mass is 16.4. The molecule has 9 atom stereocenters. The van der Waals surface area contributed by atoms with E-state index in [4.69, 9.17) is 10.2 Å². The van der Waals surface area contributed by atoms with Gasteiger partial charge in [-0.1, -0.05) is 232 Å². The summed E-state index contributed by atoms with van der Waals surface area (Å²) < 4.78 is 1.67. The second kappa shape index (κ2) is 75.3. The highest BCUT2D eigenvalue weighted by Gasteiger charge is 2.45. The predicted molar refractivity (Wildman–Crippen MR) is 526 cm³/mol. The molecule has 0 aliphatic heterocycles. The summed E-state index contributed by atoms with van der Waals surface area (Å²) in [5.74, 6) is -12.2. The molecule has 0 bridgehead atoms. The molecular formula is C104H198N6O28. The summed E-state index contributed by atoms with van der Waals surface area (Å²) in [4.78, 5) is 124. The van der Waals surface area contributed by atoms with Crippen molar-refractivity contribution in [2.45, 2.75) is 394 Å². The average Bonchev–Trinajstić information content (AvgIpc) is 0.802. The van der Waals surface area contributed by atoms with Gasteiger partial charge in [-0.2, -0.15) is 0 Å². The van der Waals surface area contributed by atoms with Crippen molar-refractivity contribution in [3.8, 4) is 0 Å². The van der Waals surface area contributed by atoms with E-state index in [-0.39, 0.29) is 99.4 Å². The summed E-state index contributed by atoms with van der Waals surface area (Å²) in [5, 5.41) is 175. The summed E-state index contributed by atoms with van der Waals surface area (Å²) in [6.45, 7) is 11.1. The number of aliphatic carboxylic acids is 6. The number of likely N-dealkylation sites (N-methyl/N-ethyl adjacent to an activating group) is 6. The molecular weight excluding hydrogens is 1780 g/mol. The maximum atomic E-state index is 12.5. The third-order valence-electron chi connectivity index (χ3n) is 22.2. The first-order valence-electron chi connectivity index (χ1n) is 50.6. The summed E-state index contributed by atoms with van der Waals surface area (Å²) in [5.41, 5.74) is -11.2. The molecule has 0 saturated carbocycles. The summed E-state index contributed by atoms with van der Waals surface area (Å²) in [7, 11) is 32.0. The normalized spacial score (nSPS) is 15.4. The fraction of sp³-hybridized carbons (Fsp3) is 0.837. The number of hydrogen-bond acceptors (Lipinski definition) is 28. The number of aliphatic hydroxyl groups excluding tert-OH is 5. The van der Waals surface area contributed by atoms with Gasteiger partial charge in [-0.05, 0) is 70.8 Å². The second-order valence-electron chi connectivity index (χ2n) is 44.8. The van der Waals surface area contributed by atoms with E-state index in [9.17, 15) is 129 Å². The van der Waals surface area contributed by atoms with E-state index in [2.05, 4.69) is 39.5 Å². The molecule has 34 nitrogen and oxygen atoms in total. The topological polar surface area (TPSA) is 549 Å². The Labute approximate surface area is 830 Å². The van der Waals surface area contributed by atoms with Crippen molar-refractivity contribution in [3.63, 3.8) is 0 Å². The van der Waals surface area contributed by atoms with Gasteiger partial charge >= 0.3 is 0 Å². The number of rotatable bonds is 79. The van der Waals surface area contributed by atoms with Crippen LogP contribution in [0.2, 0.25) is 0 Å². The van der Waals surface area contributed by atoms with Gasteiger partial charge in [0.2, 0.25) is 0 Å². The van der Waals surface area contributed by atoms with Crippen LogP contribution in [0.1, 0.15) is 342 Å². The van der Waals surface area contributed by atoms with Gasteiger partial charge in [-0.3, -0.25) is 24.0 Å². The molecule has 812 valence electrons. The molecule has 0 fully saturated rings. The third kappa shape index (κ3) is 88.5. The minimum Gasteiger partial charge on any atom is -0.550 e. The summed E-state index contributed by atoms with van der Waals surface area (Å²) in [6.07, 6.45) is 44.3. The predicted octanol–water partition coefficient (Wildman–Crippen LogP) is 4.34. The van der Waals surface area contributed by atoms with Gasteiger partial charge in [0, 0.05) is 106 Å². The van der Waals surface area contributed by atoms with E-state index in [1.165, 1.54) is 167 Å². The molecule has 11 N–H and O–H groups in total. The molecule has 138 heavy (non-hydrogen) atoms. The van der Waals surface area contributed by atoms with Gasteiger partial charge < -0.3 is 142 Å². The maximum Gasteiger partial charge on any atom is 0.192 e. The SMILES string of the molecule is C=CC(=O)C(O)(CC(=O)[O-])C[N+](C)(C)C.CC(O)CC(=O)C(O)(CC(=O)[O-])C[N+](C)(C)C.CCCCCCCCC=CCCCCCC(O)CCC(O)(CC(=O)[O-])C[N+](C)(C)C.CCCCCCCCCCCCCC(O)CC(=O)C(O)(CC(=O)[O-])C[N+](C)(C)C.CCCCCCCCCCCCCCCC(=O)C=C(O)C(O)(CC(=O)[O-])C[N+](C)(C)C.C[N+](C)(C)CC(O)(CC(=O)[O-])C(=O)CCO. The standard InChI is InChI=1S/C25H47NO5.C25H49NO4.C23H45NO5.C11H21NO5.C10H19NO5.C10H17NO4/c1-5-6-7-8-9-10-11-12-13-14-15-16-17-18-22(27)19-23(28)25(31,20-24(29)30)21-26(2,3)4;1-5-6-7-8-9-10-11-12-13-14-15-16-17-18-23(27)19-20-25(30,21-24(28)29)22-26(2,3)4;1-5-6-7-8-9-10-11-12-13-14-15-16-20(25)17-21(26)23(29,18-22(27)28)19-24(2,3)4;1-8(13)5-9(14)11(17,6-10(15)16)7-12(2,3)4;1-11(2,3)7-10(16,6-9(14)15)8(13)4-5-12;1-5-8(12)10(15,6-9(13)14)7-11(2,3)4/h19,31H,5-18,20-21H2,1-4H3,(H-,27,28,29,30);12-13,23,27,30H,5-11,14-22H2,1-4H3;20,25,29H,5-19H2,1-4H3;8,13,17H,5-7H2,1-4H3;12,16H,4-7H2,1-3H3;5,15H,1,6-7H2,2-4H3. The van der Waals surface area contributed by atoms with Crippen LogP contribution < -0.4 is 30.6 Å². The number of carbonyl (C=O) groups excluding carboxylic acids is 11. The molecule has 0 rings (SSSR count). The molecule has 0 amide bonds. The number of carbonyl (C=O) groups is 11. The molecule has 34 heteroatoms. The highest BCUT2D eigenvalue weighted by Crippen LogP contribution is 2.28. The molecule has 0 aliphatic rings. The lowest BCUT2D eigenvalue weighted by molar-refractivity contribution is -0.877. The zero-order valence-corrected chi connectivity index (χ0v) is 89.9. The van der Waals surface area contributed by atoms with E-state index in [0.717, 1.165) is 76.4 Å². The van der Waals surface area contributed by atoms with Crippen LogP contribution in [0, 0.1) is 0 Å². The number of Topliss-reactive ketones (excluding diaryl/α,β-unsaturated/α-hetero) is 3. The first-order valence-corrected chi connectivity index (χ1v) is 50.6. The van der Waals surface area contributed by atoms with E-state index >= 15 is 0 Å². The number of nitrogens with zero attached hydrogens (tertiary/aromatic N) is 6. The van der Waals surface area contributed by atoms with Crippen LogP contribution in [0.5, 0.6) is 0 Å². The molecule has 0 aromatic carbocycles. The number of allylic oxidation sites excluding steroid dienone is 3. The lowest BCUT2D eigenvalue weighted by atomic mass is 9.88. The number of carboxylic acids is 6. The Balaban J connectivity index is -0.000000388. The van der Waals surface area contributed by atoms with Crippen LogP contribution >= 0.6 is 0 Å². The highest BCUT2D eigenvalue weighted by molar-refractivity contribution is 5.98. The Morgan fingerprint density at radius 1 is 0.319 bits per heavy atom. The van der Waals surface area contributed by atoms with Crippen molar-refractivity contribution in [1.29, 1.82) is 0 Å². The van der Waals surface area contributed by atoms with Gasteiger partial charge in [-0.25, -0.2) is 0 Å². The summed E-state index contributed by atoms with van der Waals surface area (Å²) in [6, 6.07) is 0. The van der Waals surface area contributed by atoms with Crippen LogP contribution in [0.15, 0.2) is 36.6 Å². The van der Waals surface area contributed by atoms with Crippen molar-refractivity contribution in [2.75, 3.05) is 173 Å². The monoisotopic (exact) mass is 1980 g/mol. The quantitative estimate of drug-likeness (QED) is 0.0133. The molecule has 0 saturated heterocycles. The molecule has 0 aromatic rings. The lowest BCUT2D eigenvalue weighted by Crippen LogP contribution is -2.56. The van der Waals surface area contributed by atoms with Crippen LogP contribution in [-0.4, -0.2) is 372 Å². The Morgan fingerprint density at radius 3 is 0.884 bits per heavy atom. The number of unbranched alkanes of at least 4 members (excludes halogenated alkanes) is 31. The van der Waals surface area contributed by atoms with Crippen molar-refractivity contribution < 1.29 is 166 Å². The zero-order chi connectivity index (χ0) is 108. The fourth-order valence-electron chi connectivity index (χ4n) is 16.6. The third-order valence-corrected chi connectivity index (χ3v) is 22.2. The van der Waals surface area contributed by atoms with Crippen molar-refractivity contribution in [3.05, 3.63) is 36.6 Å². The van der Waals surface area contributed by atoms with Crippen LogP contribution in [0.3, 0.4) is 0 Å². The van der Waals surface area contributed by atoms with Crippen molar-refractivity contribution in [2.24, 2.45) is 0 Å². The van der Waals surface area contributed by atoms with Crippen LogP contribution in [-0.2, 0) is 52.7 Å². The number of hydrogen-bond donors (Lipinski definition) is 11. The molecule has 0 spiro atoms. The largest absolute Gasteiger partial charge is 0.550 e. The Bertz CT molecular complexity index is 3420. The van der Waals surface area contributed by atoms with Gasteiger partial charge in [0.25, 0.3) is 0 Å². The van der Waals surface area contributed by atoms with Gasteiger partial charge in [0.05, 0.1) is 152 Å². The lowest BCUT2D eigenvalue weighted by Gasteiger charge is -2.36. The molecule has 0 heterocycles. The number of aliphatic hydroxyl groups is 11.